The first kappa shape index (κ1) is 9.66. The van der Waals surface area contributed by atoms with E-state index in [-0.39, 0.29) is 0 Å². The van der Waals surface area contributed by atoms with E-state index in [0.717, 1.165) is 18.6 Å². The fourth-order valence-corrected chi connectivity index (χ4v) is 1.38. The lowest BCUT2D eigenvalue weighted by Gasteiger charge is -2.00. The van der Waals surface area contributed by atoms with Gasteiger partial charge in [0.25, 0.3) is 0 Å². The van der Waals surface area contributed by atoms with Crippen LogP contribution in [0.4, 0.5) is 0 Å². The van der Waals surface area contributed by atoms with Gasteiger partial charge < -0.3 is 0 Å². The van der Waals surface area contributed by atoms with Gasteiger partial charge in [-0.2, -0.15) is 12.6 Å². The predicted molar refractivity (Wildman–Crippen MR) is 58.0 cm³/mol. The normalized spacial score (nSPS) is 10.2. The Balaban J connectivity index is 2.53. The van der Waals surface area contributed by atoms with Crippen LogP contribution in [0, 0.1) is 0 Å². The van der Waals surface area contributed by atoms with Crippen molar-refractivity contribution in [2.45, 2.75) is 26.2 Å². The lowest BCUT2D eigenvalue weighted by molar-refractivity contribution is 0.934. The standard InChI is InChI=1S/C11H16S/c1-2-10-5-7-11(8-6-10)4-3-9-12/h5-8,12H,2-4,9H2,1H3. The van der Waals surface area contributed by atoms with Gasteiger partial charge in [0.1, 0.15) is 0 Å². The molecule has 1 aromatic rings. The fraction of sp³-hybridized carbons (Fsp3) is 0.455. The summed E-state index contributed by atoms with van der Waals surface area (Å²) in [5, 5.41) is 0. The lowest BCUT2D eigenvalue weighted by Crippen LogP contribution is -1.87. The van der Waals surface area contributed by atoms with Gasteiger partial charge in [-0.15, -0.1) is 0 Å². The predicted octanol–water partition coefficient (Wildman–Crippen LogP) is 3.11. The van der Waals surface area contributed by atoms with E-state index in [1.54, 1.807) is 0 Å². The first-order valence-electron chi connectivity index (χ1n) is 4.55. The van der Waals surface area contributed by atoms with Crippen LogP contribution in [-0.2, 0) is 12.8 Å². The Morgan fingerprint density at radius 2 is 1.67 bits per heavy atom. The molecule has 0 aliphatic carbocycles. The molecule has 0 unspecified atom stereocenters. The second kappa shape index (κ2) is 5.26. The summed E-state index contributed by atoms with van der Waals surface area (Å²) in [5.74, 6) is 0.982. The maximum absolute atomic E-state index is 4.19. The monoisotopic (exact) mass is 180 g/mol. The van der Waals surface area contributed by atoms with Crippen LogP contribution in [0.15, 0.2) is 24.3 Å². The molecule has 0 atom stereocenters. The first-order valence-corrected chi connectivity index (χ1v) is 5.18. The van der Waals surface area contributed by atoms with E-state index in [1.165, 1.54) is 17.5 Å². The summed E-state index contributed by atoms with van der Waals surface area (Å²) in [6.45, 7) is 2.18. The molecule has 0 spiro atoms. The minimum absolute atomic E-state index is 0.982. The van der Waals surface area contributed by atoms with E-state index in [0.29, 0.717) is 0 Å². The molecule has 0 amide bonds. The molecule has 66 valence electrons. The summed E-state index contributed by atoms with van der Waals surface area (Å²) in [4.78, 5) is 0. The Kier molecular flexibility index (Phi) is 4.23. The molecule has 1 rings (SSSR count). The summed E-state index contributed by atoms with van der Waals surface area (Å²) in [6.07, 6.45) is 3.47. The molecule has 0 aliphatic rings. The van der Waals surface area contributed by atoms with Crippen molar-refractivity contribution >= 4 is 12.6 Å². The van der Waals surface area contributed by atoms with Gasteiger partial charge in [-0.1, -0.05) is 31.2 Å². The van der Waals surface area contributed by atoms with E-state index in [4.69, 9.17) is 0 Å². The van der Waals surface area contributed by atoms with Crippen LogP contribution in [0.1, 0.15) is 24.5 Å². The minimum atomic E-state index is 0.982. The second-order valence-corrected chi connectivity index (χ2v) is 3.44. The highest BCUT2D eigenvalue weighted by Crippen LogP contribution is 2.07. The largest absolute Gasteiger partial charge is 0.179 e. The van der Waals surface area contributed by atoms with Gasteiger partial charge in [-0.05, 0) is 36.1 Å². The molecule has 0 nitrogen and oxygen atoms in total. The highest BCUT2D eigenvalue weighted by Gasteiger charge is 1.92. The third-order valence-corrected chi connectivity index (χ3v) is 2.37. The molecule has 0 saturated carbocycles. The number of hydrogen-bond donors (Lipinski definition) is 1. The van der Waals surface area contributed by atoms with Crippen LogP contribution >= 0.6 is 12.6 Å². The molecule has 0 bridgehead atoms. The van der Waals surface area contributed by atoms with E-state index in [9.17, 15) is 0 Å². The van der Waals surface area contributed by atoms with Crippen LogP contribution in [0.2, 0.25) is 0 Å². The van der Waals surface area contributed by atoms with Crippen LogP contribution in [0.25, 0.3) is 0 Å². The fourth-order valence-electron chi connectivity index (χ4n) is 1.22. The smallest absolute Gasteiger partial charge is 0.00947 e. The molecular weight excluding hydrogens is 164 g/mol. The Bertz CT molecular complexity index is 213. The van der Waals surface area contributed by atoms with Crippen molar-refractivity contribution in [3.63, 3.8) is 0 Å². The Morgan fingerprint density at radius 3 is 2.17 bits per heavy atom. The Hall–Kier alpha value is -0.430. The van der Waals surface area contributed by atoms with Crippen molar-refractivity contribution in [3.8, 4) is 0 Å². The van der Waals surface area contributed by atoms with Gasteiger partial charge in [0, 0.05) is 0 Å². The van der Waals surface area contributed by atoms with Crippen LogP contribution in [0.3, 0.4) is 0 Å². The summed E-state index contributed by atoms with van der Waals surface area (Å²) < 4.78 is 0. The molecule has 0 aliphatic heterocycles. The zero-order chi connectivity index (χ0) is 8.81. The molecule has 1 aromatic carbocycles. The number of hydrogen-bond acceptors (Lipinski definition) is 1. The molecular formula is C11H16S. The highest BCUT2D eigenvalue weighted by atomic mass is 32.1. The van der Waals surface area contributed by atoms with E-state index in [1.807, 2.05) is 0 Å². The molecule has 0 saturated heterocycles. The average molecular weight is 180 g/mol. The second-order valence-electron chi connectivity index (χ2n) is 3.00. The zero-order valence-corrected chi connectivity index (χ0v) is 8.48. The van der Waals surface area contributed by atoms with E-state index < -0.39 is 0 Å². The van der Waals surface area contributed by atoms with Gasteiger partial charge in [-0.3, -0.25) is 0 Å². The quantitative estimate of drug-likeness (QED) is 0.676. The molecule has 1 heteroatoms. The number of benzene rings is 1. The summed E-state index contributed by atoms with van der Waals surface area (Å²) >= 11 is 4.19. The van der Waals surface area contributed by atoms with Crippen LogP contribution < -0.4 is 0 Å². The summed E-state index contributed by atoms with van der Waals surface area (Å²) in [6, 6.07) is 8.88. The molecule has 0 N–H and O–H groups in total. The maximum atomic E-state index is 4.19. The van der Waals surface area contributed by atoms with Crippen molar-refractivity contribution < 1.29 is 0 Å². The van der Waals surface area contributed by atoms with Gasteiger partial charge in [0.05, 0.1) is 0 Å². The van der Waals surface area contributed by atoms with Crippen molar-refractivity contribution in [3.05, 3.63) is 35.4 Å². The van der Waals surface area contributed by atoms with Crippen molar-refractivity contribution in [1.29, 1.82) is 0 Å². The third-order valence-electron chi connectivity index (χ3n) is 2.05. The number of thiol groups is 1. The maximum Gasteiger partial charge on any atom is -0.00947 e. The summed E-state index contributed by atoms with van der Waals surface area (Å²) in [7, 11) is 0. The van der Waals surface area contributed by atoms with Crippen LogP contribution in [0.5, 0.6) is 0 Å². The van der Waals surface area contributed by atoms with Gasteiger partial charge in [0.15, 0.2) is 0 Å². The number of aryl methyl sites for hydroxylation is 2. The highest BCUT2D eigenvalue weighted by molar-refractivity contribution is 7.80. The molecule has 12 heavy (non-hydrogen) atoms. The topological polar surface area (TPSA) is 0 Å². The third kappa shape index (κ3) is 2.90. The van der Waals surface area contributed by atoms with Crippen molar-refractivity contribution in [2.75, 3.05) is 5.75 Å². The molecule has 0 fully saturated rings. The molecule has 0 radical (unpaired) electrons. The van der Waals surface area contributed by atoms with E-state index >= 15 is 0 Å². The summed E-state index contributed by atoms with van der Waals surface area (Å²) in [5.41, 5.74) is 2.85. The van der Waals surface area contributed by atoms with Crippen LogP contribution in [-0.4, -0.2) is 5.75 Å². The SMILES string of the molecule is CCc1ccc(CCCS)cc1. The minimum Gasteiger partial charge on any atom is -0.179 e. The number of rotatable bonds is 4. The Morgan fingerprint density at radius 1 is 1.08 bits per heavy atom. The zero-order valence-electron chi connectivity index (χ0n) is 7.59. The van der Waals surface area contributed by atoms with E-state index in [2.05, 4.69) is 43.8 Å². The average Bonchev–Trinajstić information content (AvgIpc) is 2.15. The first-order chi connectivity index (χ1) is 5.86. The van der Waals surface area contributed by atoms with Crippen molar-refractivity contribution in [2.24, 2.45) is 0 Å². The molecule has 0 heterocycles. The van der Waals surface area contributed by atoms with Gasteiger partial charge in [0.2, 0.25) is 0 Å². The van der Waals surface area contributed by atoms with Gasteiger partial charge in [-0.25, -0.2) is 0 Å². The van der Waals surface area contributed by atoms with Crippen molar-refractivity contribution in [1.82, 2.24) is 0 Å². The molecule has 0 aromatic heterocycles. The van der Waals surface area contributed by atoms with Gasteiger partial charge >= 0.3 is 0 Å². The lowest BCUT2D eigenvalue weighted by atomic mass is 10.1. The Labute approximate surface area is 80.4 Å².